The molecule has 0 saturated heterocycles. The molecule has 4 amide bonds. The first kappa shape index (κ1) is 22.4. The van der Waals surface area contributed by atoms with Gasteiger partial charge in [0.15, 0.2) is 0 Å². The van der Waals surface area contributed by atoms with Crippen LogP contribution in [0.3, 0.4) is 0 Å². The van der Waals surface area contributed by atoms with E-state index in [0.717, 1.165) is 47.9 Å². The van der Waals surface area contributed by atoms with E-state index in [1.54, 1.807) is 0 Å². The molecular formula is C27H26N2O4. The molecule has 0 radical (unpaired) electrons. The predicted molar refractivity (Wildman–Crippen MR) is 127 cm³/mol. The van der Waals surface area contributed by atoms with Crippen LogP contribution in [0.4, 0.5) is 11.4 Å². The minimum Gasteiger partial charge on any atom is -0.269 e. The lowest BCUT2D eigenvalue weighted by Gasteiger charge is -2.20. The highest BCUT2D eigenvalue weighted by molar-refractivity contribution is 6.29. The highest BCUT2D eigenvalue weighted by Crippen LogP contribution is 2.30. The zero-order valence-electron chi connectivity index (χ0n) is 18.8. The minimum atomic E-state index is -0.314. The van der Waals surface area contributed by atoms with E-state index >= 15 is 0 Å². The van der Waals surface area contributed by atoms with Crippen molar-refractivity contribution in [2.24, 2.45) is 0 Å². The second-order valence-corrected chi connectivity index (χ2v) is 8.29. The molecule has 0 fully saturated rings. The Hall–Kier alpha value is -3.80. The van der Waals surface area contributed by atoms with E-state index < -0.39 is 0 Å². The fourth-order valence-electron chi connectivity index (χ4n) is 4.38. The SMILES string of the molecule is CCCc1cc(Cc2ccc(N3C(=O)C=CC3=O)c(CCC)c2)ccc1N1C(=O)C=CC1=O. The van der Waals surface area contributed by atoms with Crippen LogP contribution >= 0.6 is 0 Å². The third-order valence-corrected chi connectivity index (χ3v) is 5.84. The van der Waals surface area contributed by atoms with Crippen molar-refractivity contribution in [3.8, 4) is 0 Å². The molecule has 0 saturated carbocycles. The second-order valence-electron chi connectivity index (χ2n) is 8.29. The van der Waals surface area contributed by atoms with Crippen molar-refractivity contribution >= 4 is 35.0 Å². The summed E-state index contributed by atoms with van der Waals surface area (Å²) in [5.41, 5.74) is 5.34. The number of carbonyl (C=O) groups excluding carboxylic acids is 4. The number of anilines is 2. The van der Waals surface area contributed by atoms with Crippen molar-refractivity contribution in [2.75, 3.05) is 9.80 Å². The summed E-state index contributed by atoms with van der Waals surface area (Å²) in [5.74, 6) is -1.26. The first-order chi connectivity index (χ1) is 15.9. The smallest absolute Gasteiger partial charge is 0.258 e. The van der Waals surface area contributed by atoms with Crippen LogP contribution in [0.5, 0.6) is 0 Å². The van der Waals surface area contributed by atoms with Crippen LogP contribution in [0.2, 0.25) is 0 Å². The summed E-state index contributed by atoms with van der Waals surface area (Å²) in [7, 11) is 0. The number of aryl methyl sites for hydroxylation is 2. The summed E-state index contributed by atoms with van der Waals surface area (Å²) in [6.45, 7) is 4.13. The van der Waals surface area contributed by atoms with Crippen LogP contribution in [-0.4, -0.2) is 23.6 Å². The molecule has 33 heavy (non-hydrogen) atoms. The average Bonchev–Trinajstić information content (AvgIpc) is 3.30. The molecule has 4 rings (SSSR count). The lowest BCUT2D eigenvalue weighted by molar-refractivity contribution is -0.121. The Balaban J connectivity index is 1.63. The number of rotatable bonds is 8. The number of hydrogen-bond donors (Lipinski definition) is 0. The van der Waals surface area contributed by atoms with Crippen LogP contribution in [0.25, 0.3) is 0 Å². The van der Waals surface area contributed by atoms with Gasteiger partial charge >= 0.3 is 0 Å². The first-order valence-electron chi connectivity index (χ1n) is 11.3. The van der Waals surface area contributed by atoms with Crippen LogP contribution in [-0.2, 0) is 38.4 Å². The molecule has 2 aromatic carbocycles. The van der Waals surface area contributed by atoms with Gasteiger partial charge in [-0.25, -0.2) is 9.80 Å². The van der Waals surface area contributed by atoms with Gasteiger partial charge in [0, 0.05) is 24.3 Å². The maximum atomic E-state index is 12.2. The monoisotopic (exact) mass is 442 g/mol. The van der Waals surface area contributed by atoms with E-state index in [9.17, 15) is 19.2 Å². The van der Waals surface area contributed by atoms with Gasteiger partial charge in [0.25, 0.3) is 23.6 Å². The summed E-state index contributed by atoms with van der Waals surface area (Å²) >= 11 is 0. The van der Waals surface area contributed by atoms with Crippen molar-refractivity contribution in [3.05, 3.63) is 83.0 Å². The Kier molecular flexibility index (Phi) is 6.36. The minimum absolute atomic E-state index is 0.314. The second kappa shape index (κ2) is 9.36. The van der Waals surface area contributed by atoms with Crippen molar-refractivity contribution in [1.82, 2.24) is 0 Å². The van der Waals surface area contributed by atoms with E-state index in [1.165, 1.54) is 34.1 Å². The van der Waals surface area contributed by atoms with Gasteiger partial charge in [0.05, 0.1) is 11.4 Å². The van der Waals surface area contributed by atoms with E-state index in [0.29, 0.717) is 17.8 Å². The fraction of sp³-hybridized carbons (Fsp3) is 0.259. The molecule has 0 unspecified atom stereocenters. The molecule has 0 N–H and O–H groups in total. The van der Waals surface area contributed by atoms with E-state index in [4.69, 9.17) is 0 Å². The Morgan fingerprint density at radius 2 is 0.939 bits per heavy atom. The number of imide groups is 2. The molecule has 0 bridgehead atoms. The van der Waals surface area contributed by atoms with E-state index in [-0.39, 0.29) is 23.6 Å². The van der Waals surface area contributed by atoms with Crippen LogP contribution in [0.15, 0.2) is 60.7 Å². The molecular weight excluding hydrogens is 416 g/mol. The number of benzene rings is 2. The van der Waals surface area contributed by atoms with Crippen molar-refractivity contribution < 1.29 is 19.2 Å². The molecule has 2 heterocycles. The van der Waals surface area contributed by atoms with Gasteiger partial charge in [-0.1, -0.05) is 51.0 Å². The molecule has 0 atom stereocenters. The number of amides is 4. The summed E-state index contributed by atoms with van der Waals surface area (Å²) in [6, 6.07) is 11.7. The van der Waals surface area contributed by atoms with Crippen molar-refractivity contribution in [3.63, 3.8) is 0 Å². The maximum Gasteiger partial charge on any atom is 0.258 e. The quantitative estimate of drug-likeness (QED) is 0.579. The topological polar surface area (TPSA) is 74.8 Å². The van der Waals surface area contributed by atoms with Crippen LogP contribution in [0.1, 0.15) is 48.9 Å². The Morgan fingerprint density at radius 3 is 1.27 bits per heavy atom. The molecule has 0 aliphatic carbocycles. The number of carbonyl (C=O) groups is 4. The highest BCUT2D eigenvalue weighted by Gasteiger charge is 2.28. The van der Waals surface area contributed by atoms with Gasteiger partial charge in [0.1, 0.15) is 0 Å². The molecule has 168 valence electrons. The largest absolute Gasteiger partial charge is 0.269 e. The van der Waals surface area contributed by atoms with Gasteiger partial charge in [0.2, 0.25) is 0 Å². The third kappa shape index (κ3) is 4.42. The van der Waals surface area contributed by atoms with E-state index in [1.807, 2.05) is 24.3 Å². The van der Waals surface area contributed by atoms with Gasteiger partial charge in [-0.2, -0.15) is 0 Å². The fourth-order valence-corrected chi connectivity index (χ4v) is 4.38. The van der Waals surface area contributed by atoms with E-state index in [2.05, 4.69) is 26.0 Å². The van der Waals surface area contributed by atoms with Gasteiger partial charge < -0.3 is 0 Å². The average molecular weight is 443 g/mol. The molecule has 2 aromatic rings. The number of hydrogen-bond acceptors (Lipinski definition) is 4. The maximum absolute atomic E-state index is 12.2. The molecule has 2 aliphatic rings. The molecule has 6 heteroatoms. The lowest BCUT2D eigenvalue weighted by Crippen LogP contribution is -2.30. The van der Waals surface area contributed by atoms with Gasteiger partial charge in [-0.15, -0.1) is 0 Å². The Morgan fingerprint density at radius 1 is 0.576 bits per heavy atom. The first-order valence-corrected chi connectivity index (χ1v) is 11.3. The number of nitrogens with zero attached hydrogens (tertiary/aromatic N) is 2. The lowest BCUT2D eigenvalue weighted by atomic mass is 9.96. The summed E-state index contributed by atoms with van der Waals surface area (Å²) < 4.78 is 0. The summed E-state index contributed by atoms with van der Waals surface area (Å²) in [5, 5.41) is 0. The standard InChI is InChI=1S/C27H26N2O4/c1-3-5-20-16-18(7-9-22(20)28-24(30)11-12-25(28)31)15-19-8-10-23(21(17-19)6-4-2)29-26(32)13-14-27(29)33/h7-14,16-17H,3-6,15H2,1-2H3. The zero-order valence-corrected chi connectivity index (χ0v) is 18.8. The predicted octanol–water partition coefficient (Wildman–Crippen LogP) is 4.04. The highest BCUT2D eigenvalue weighted by atomic mass is 16.2. The third-order valence-electron chi connectivity index (χ3n) is 5.84. The van der Waals surface area contributed by atoms with Crippen LogP contribution in [0, 0.1) is 0 Å². The summed E-state index contributed by atoms with van der Waals surface area (Å²) in [4.78, 5) is 51.1. The van der Waals surface area contributed by atoms with Crippen LogP contribution < -0.4 is 9.80 Å². The Labute approximate surface area is 193 Å². The molecule has 0 aromatic heterocycles. The molecule has 2 aliphatic heterocycles. The molecule has 0 spiro atoms. The molecule has 6 nitrogen and oxygen atoms in total. The van der Waals surface area contributed by atoms with Gasteiger partial charge in [-0.3, -0.25) is 19.2 Å². The zero-order chi connectivity index (χ0) is 23.5. The van der Waals surface area contributed by atoms with Crippen molar-refractivity contribution in [2.45, 2.75) is 46.0 Å². The normalized spacial score (nSPS) is 15.5. The van der Waals surface area contributed by atoms with Crippen molar-refractivity contribution in [1.29, 1.82) is 0 Å². The van der Waals surface area contributed by atoms with Gasteiger partial charge in [-0.05, 0) is 53.6 Å². The Bertz CT molecular complexity index is 1080. The summed E-state index contributed by atoms with van der Waals surface area (Å²) in [6.07, 6.45) is 9.15.